The lowest BCUT2D eigenvalue weighted by Gasteiger charge is -2.06. The molecule has 0 unspecified atom stereocenters. The number of hydrogen-bond acceptors (Lipinski definition) is 4. The van der Waals surface area contributed by atoms with Crippen LogP contribution in [-0.2, 0) is 0 Å². The van der Waals surface area contributed by atoms with Gasteiger partial charge in [0, 0.05) is 24.5 Å². The fraction of sp³-hybridized carbons (Fsp3) is 0.154. The van der Waals surface area contributed by atoms with Crippen LogP contribution in [0.25, 0.3) is 10.9 Å². The van der Waals surface area contributed by atoms with E-state index in [1.165, 1.54) is 0 Å². The number of benzene rings is 1. The van der Waals surface area contributed by atoms with Crippen molar-refractivity contribution in [2.24, 2.45) is 10.9 Å². The van der Waals surface area contributed by atoms with Crippen LogP contribution < -0.4 is 11.1 Å². The Balaban J connectivity index is 2.13. The van der Waals surface area contributed by atoms with Crippen LogP contribution in [0.5, 0.6) is 0 Å². The second-order valence-electron chi connectivity index (χ2n) is 3.98. The van der Waals surface area contributed by atoms with E-state index in [1.54, 1.807) is 12.3 Å². The number of carbonyl (C=O) groups is 1. The van der Waals surface area contributed by atoms with Crippen molar-refractivity contribution in [2.75, 3.05) is 6.54 Å². The van der Waals surface area contributed by atoms with Crippen molar-refractivity contribution in [2.45, 2.75) is 6.42 Å². The van der Waals surface area contributed by atoms with Gasteiger partial charge in [0.1, 0.15) is 5.84 Å². The van der Waals surface area contributed by atoms with Gasteiger partial charge in [-0.3, -0.25) is 9.78 Å². The van der Waals surface area contributed by atoms with Crippen LogP contribution in [0.2, 0.25) is 0 Å². The van der Waals surface area contributed by atoms with E-state index in [1.807, 2.05) is 24.3 Å². The molecule has 0 fully saturated rings. The molecule has 2 aromatic rings. The van der Waals surface area contributed by atoms with E-state index in [9.17, 15) is 4.79 Å². The minimum Gasteiger partial charge on any atom is -0.409 e. The normalized spacial score (nSPS) is 11.5. The Bertz CT molecular complexity index is 620. The summed E-state index contributed by atoms with van der Waals surface area (Å²) in [4.78, 5) is 16.2. The third-order valence-corrected chi connectivity index (χ3v) is 2.67. The van der Waals surface area contributed by atoms with E-state index in [4.69, 9.17) is 10.9 Å². The van der Waals surface area contributed by atoms with Crippen molar-refractivity contribution >= 4 is 22.6 Å². The van der Waals surface area contributed by atoms with Crippen molar-refractivity contribution < 1.29 is 10.0 Å². The van der Waals surface area contributed by atoms with Crippen molar-refractivity contribution in [3.8, 4) is 0 Å². The summed E-state index contributed by atoms with van der Waals surface area (Å²) in [7, 11) is 0. The number of hydrogen-bond donors (Lipinski definition) is 3. The molecule has 4 N–H and O–H groups in total. The first kappa shape index (κ1) is 12.8. The number of nitrogens with zero attached hydrogens (tertiary/aromatic N) is 2. The molecule has 0 aliphatic carbocycles. The standard InChI is InChI=1S/C13H14N4O2/c14-11(17-19)6-8-16-13(18)10-5-1-3-9-4-2-7-15-12(9)10/h1-5,7,19H,6,8H2,(H2,14,17)(H,16,18). The van der Waals surface area contributed by atoms with Gasteiger partial charge in [0.25, 0.3) is 5.91 Å². The largest absolute Gasteiger partial charge is 0.409 e. The Morgan fingerprint density at radius 2 is 2.16 bits per heavy atom. The number of rotatable bonds is 4. The molecule has 0 radical (unpaired) electrons. The Labute approximate surface area is 109 Å². The molecule has 1 aromatic carbocycles. The maximum atomic E-state index is 12.0. The van der Waals surface area contributed by atoms with E-state index in [0.717, 1.165) is 5.39 Å². The second-order valence-corrected chi connectivity index (χ2v) is 3.98. The summed E-state index contributed by atoms with van der Waals surface area (Å²) < 4.78 is 0. The summed E-state index contributed by atoms with van der Waals surface area (Å²) in [5.41, 5.74) is 6.50. The van der Waals surface area contributed by atoms with Crippen molar-refractivity contribution in [3.63, 3.8) is 0 Å². The van der Waals surface area contributed by atoms with Crippen LogP contribution in [0.3, 0.4) is 0 Å². The number of para-hydroxylation sites is 1. The fourth-order valence-electron chi connectivity index (χ4n) is 1.74. The maximum Gasteiger partial charge on any atom is 0.253 e. The van der Waals surface area contributed by atoms with Crippen LogP contribution in [0.4, 0.5) is 0 Å². The predicted octanol–water partition coefficient (Wildman–Crippen LogP) is 1.10. The molecule has 0 spiro atoms. The number of oxime groups is 1. The summed E-state index contributed by atoms with van der Waals surface area (Å²) in [6, 6.07) is 9.14. The van der Waals surface area contributed by atoms with Gasteiger partial charge in [-0.05, 0) is 12.1 Å². The van der Waals surface area contributed by atoms with Crippen LogP contribution >= 0.6 is 0 Å². The molecule has 6 nitrogen and oxygen atoms in total. The lowest BCUT2D eigenvalue weighted by molar-refractivity contribution is 0.0956. The quantitative estimate of drug-likeness (QED) is 0.331. The van der Waals surface area contributed by atoms with Gasteiger partial charge in [-0.1, -0.05) is 23.4 Å². The summed E-state index contributed by atoms with van der Waals surface area (Å²) in [6.45, 7) is 0.304. The highest BCUT2D eigenvalue weighted by Crippen LogP contribution is 2.15. The van der Waals surface area contributed by atoms with Gasteiger partial charge in [0.05, 0.1) is 11.1 Å². The van der Waals surface area contributed by atoms with Crippen molar-refractivity contribution in [3.05, 3.63) is 42.1 Å². The molecule has 0 bridgehead atoms. The lowest BCUT2D eigenvalue weighted by atomic mass is 10.1. The number of pyridine rings is 1. The minimum absolute atomic E-state index is 0.0799. The third kappa shape index (κ3) is 2.98. The first-order valence-corrected chi connectivity index (χ1v) is 5.80. The molecule has 0 atom stereocenters. The molecule has 19 heavy (non-hydrogen) atoms. The lowest BCUT2D eigenvalue weighted by Crippen LogP contribution is -2.28. The summed E-state index contributed by atoms with van der Waals surface area (Å²) in [5.74, 6) is -0.147. The average Bonchev–Trinajstić information content (AvgIpc) is 2.46. The van der Waals surface area contributed by atoms with Crippen LogP contribution in [0.1, 0.15) is 16.8 Å². The topological polar surface area (TPSA) is 101 Å². The molecular weight excluding hydrogens is 244 g/mol. The SMILES string of the molecule is NC(CCNC(=O)c1cccc2cccnc12)=NO. The average molecular weight is 258 g/mol. The first-order valence-electron chi connectivity index (χ1n) is 5.80. The second kappa shape index (κ2) is 5.81. The number of amides is 1. The molecule has 0 aliphatic heterocycles. The highest BCUT2D eigenvalue weighted by Gasteiger charge is 2.10. The third-order valence-electron chi connectivity index (χ3n) is 2.67. The van der Waals surface area contributed by atoms with Gasteiger partial charge in [-0.2, -0.15) is 0 Å². The molecule has 98 valence electrons. The Hall–Kier alpha value is -2.63. The van der Waals surface area contributed by atoms with E-state index in [2.05, 4.69) is 15.5 Å². The molecular formula is C13H14N4O2. The number of nitrogens with one attached hydrogen (secondary N) is 1. The monoisotopic (exact) mass is 258 g/mol. The van der Waals surface area contributed by atoms with Crippen molar-refractivity contribution in [1.29, 1.82) is 0 Å². The first-order chi connectivity index (χ1) is 9.22. The van der Waals surface area contributed by atoms with Crippen LogP contribution in [-0.4, -0.2) is 28.5 Å². The zero-order valence-corrected chi connectivity index (χ0v) is 10.2. The number of carbonyl (C=O) groups excluding carboxylic acids is 1. The molecule has 1 amide bonds. The zero-order chi connectivity index (χ0) is 13.7. The summed E-state index contributed by atoms with van der Waals surface area (Å²) in [5, 5.41) is 14.9. The van der Waals surface area contributed by atoms with Crippen molar-refractivity contribution in [1.82, 2.24) is 10.3 Å². The van der Waals surface area contributed by atoms with E-state index < -0.39 is 0 Å². The summed E-state index contributed by atoms with van der Waals surface area (Å²) in [6.07, 6.45) is 1.94. The molecule has 2 rings (SSSR count). The highest BCUT2D eigenvalue weighted by atomic mass is 16.4. The van der Waals surface area contributed by atoms with Gasteiger partial charge in [0.15, 0.2) is 0 Å². The van der Waals surface area contributed by atoms with E-state index in [-0.39, 0.29) is 11.7 Å². The number of amidine groups is 1. The highest BCUT2D eigenvalue weighted by molar-refractivity contribution is 6.05. The molecule has 6 heteroatoms. The van der Waals surface area contributed by atoms with E-state index in [0.29, 0.717) is 24.0 Å². The van der Waals surface area contributed by atoms with E-state index >= 15 is 0 Å². The molecule has 0 saturated heterocycles. The smallest absolute Gasteiger partial charge is 0.253 e. The number of fused-ring (bicyclic) bond motifs is 1. The van der Waals surface area contributed by atoms with Gasteiger partial charge in [0.2, 0.25) is 0 Å². The molecule has 1 aromatic heterocycles. The number of nitrogens with two attached hydrogens (primary N) is 1. The fourth-order valence-corrected chi connectivity index (χ4v) is 1.74. The Morgan fingerprint density at radius 1 is 1.37 bits per heavy atom. The Kier molecular flexibility index (Phi) is 3.92. The van der Waals surface area contributed by atoms with Crippen LogP contribution in [0.15, 0.2) is 41.7 Å². The zero-order valence-electron chi connectivity index (χ0n) is 10.2. The molecule has 1 heterocycles. The predicted molar refractivity (Wildman–Crippen MR) is 72.1 cm³/mol. The van der Waals surface area contributed by atoms with Gasteiger partial charge in [-0.15, -0.1) is 0 Å². The minimum atomic E-state index is -0.227. The molecule has 0 saturated carbocycles. The molecule has 0 aliphatic rings. The Morgan fingerprint density at radius 3 is 2.95 bits per heavy atom. The van der Waals surface area contributed by atoms with Gasteiger partial charge >= 0.3 is 0 Å². The van der Waals surface area contributed by atoms with Gasteiger partial charge < -0.3 is 16.3 Å². The maximum absolute atomic E-state index is 12.0. The number of aromatic nitrogens is 1. The van der Waals surface area contributed by atoms with Gasteiger partial charge in [-0.25, -0.2) is 0 Å². The van der Waals surface area contributed by atoms with Crippen LogP contribution in [0, 0.1) is 0 Å². The summed E-state index contributed by atoms with van der Waals surface area (Å²) >= 11 is 0.